The fourth-order valence-electron chi connectivity index (χ4n) is 3.79. The van der Waals surface area contributed by atoms with Gasteiger partial charge < -0.3 is 14.8 Å². The van der Waals surface area contributed by atoms with E-state index in [9.17, 15) is 27.7 Å². The van der Waals surface area contributed by atoms with Crippen molar-refractivity contribution in [3.8, 4) is 6.07 Å². The lowest BCUT2D eigenvalue weighted by molar-refractivity contribution is -0.130. The number of ether oxygens (including phenoxy) is 2. The average molecular weight is 468 g/mol. The lowest BCUT2D eigenvalue weighted by Crippen LogP contribution is -2.52. The van der Waals surface area contributed by atoms with E-state index in [0.717, 1.165) is 37.5 Å². The fourth-order valence-corrected chi connectivity index (χ4v) is 5.23. The molecular formula is C21H26FN3O6S. The minimum Gasteiger partial charge on any atom is -0.449 e. The molecule has 2 fully saturated rings. The number of sulfonamides is 1. The highest BCUT2D eigenvalue weighted by molar-refractivity contribution is 7.89. The smallest absolute Gasteiger partial charge is 0.341 e. The summed E-state index contributed by atoms with van der Waals surface area (Å²) in [6.45, 7) is 2.10. The Morgan fingerprint density at radius 2 is 1.91 bits per heavy atom. The Kier molecular flexibility index (Phi) is 7.48. The summed E-state index contributed by atoms with van der Waals surface area (Å²) >= 11 is 0. The molecular weight excluding hydrogens is 441 g/mol. The van der Waals surface area contributed by atoms with Crippen molar-refractivity contribution in [2.75, 3.05) is 26.3 Å². The largest absolute Gasteiger partial charge is 0.449 e. The van der Waals surface area contributed by atoms with Crippen LogP contribution in [0.25, 0.3) is 0 Å². The minimum absolute atomic E-state index is 0.150. The second kappa shape index (κ2) is 9.94. The molecule has 1 heterocycles. The van der Waals surface area contributed by atoms with E-state index in [1.54, 1.807) is 0 Å². The molecule has 1 N–H and O–H groups in total. The number of nitriles is 1. The lowest BCUT2D eigenvalue weighted by atomic mass is 9.83. The van der Waals surface area contributed by atoms with Gasteiger partial charge in [0.25, 0.3) is 5.91 Å². The molecule has 11 heteroatoms. The summed E-state index contributed by atoms with van der Waals surface area (Å²) in [6, 6.07) is 5.00. The van der Waals surface area contributed by atoms with E-state index >= 15 is 0 Å². The third-order valence-electron chi connectivity index (χ3n) is 5.70. The molecule has 1 atom stereocenters. The summed E-state index contributed by atoms with van der Waals surface area (Å²) in [7, 11) is -3.95. The molecule has 174 valence electrons. The van der Waals surface area contributed by atoms with Gasteiger partial charge in [-0.1, -0.05) is 19.3 Å². The number of carbonyl (C=O) groups excluding carboxylic acids is 2. The molecule has 0 radical (unpaired) electrons. The molecule has 3 rings (SSSR count). The van der Waals surface area contributed by atoms with Crippen LogP contribution in [0.1, 0.15) is 49.4 Å². The Balaban J connectivity index is 1.72. The number of hydrogen-bond acceptors (Lipinski definition) is 7. The summed E-state index contributed by atoms with van der Waals surface area (Å²) in [6.07, 6.45) is 2.30. The molecule has 0 aromatic heterocycles. The van der Waals surface area contributed by atoms with Gasteiger partial charge in [0, 0.05) is 13.1 Å². The quantitative estimate of drug-likeness (QED) is 0.632. The molecule has 1 aromatic carbocycles. The number of nitrogens with one attached hydrogen (secondary N) is 1. The molecule has 1 saturated carbocycles. The fraction of sp³-hybridized carbons (Fsp3) is 0.571. The van der Waals surface area contributed by atoms with E-state index in [-0.39, 0.29) is 31.2 Å². The average Bonchev–Trinajstić information content (AvgIpc) is 2.80. The monoisotopic (exact) mass is 467 g/mol. The number of rotatable bonds is 6. The van der Waals surface area contributed by atoms with Crippen LogP contribution < -0.4 is 5.32 Å². The standard InChI is InChI=1S/C21H26FN3O6S/c1-15(19(26)24-21(14-23)7-3-2-4-8-21)31-20(27)17-13-16(5-6-18(17)22)32(28,29)25-9-11-30-12-10-25/h5-6,13,15H,2-4,7-12H2,1H3,(H,24,26)/t15-/m1/s1. The molecule has 0 spiro atoms. The van der Waals surface area contributed by atoms with Crippen molar-refractivity contribution in [2.24, 2.45) is 0 Å². The molecule has 9 nitrogen and oxygen atoms in total. The van der Waals surface area contributed by atoms with E-state index in [2.05, 4.69) is 11.4 Å². The highest BCUT2D eigenvalue weighted by Crippen LogP contribution is 2.28. The first-order valence-electron chi connectivity index (χ1n) is 10.5. The van der Waals surface area contributed by atoms with E-state index in [0.29, 0.717) is 12.8 Å². The summed E-state index contributed by atoms with van der Waals surface area (Å²) < 4.78 is 51.3. The maximum absolute atomic E-state index is 14.3. The van der Waals surface area contributed by atoms with Crippen LogP contribution in [0.5, 0.6) is 0 Å². The number of halogens is 1. The van der Waals surface area contributed by atoms with Gasteiger partial charge in [-0.2, -0.15) is 9.57 Å². The number of benzene rings is 1. The first-order valence-corrected chi connectivity index (χ1v) is 11.9. The van der Waals surface area contributed by atoms with Gasteiger partial charge in [-0.25, -0.2) is 17.6 Å². The highest BCUT2D eigenvalue weighted by atomic mass is 32.2. The zero-order valence-electron chi connectivity index (χ0n) is 17.8. The minimum atomic E-state index is -3.95. The lowest BCUT2D eigenvalue weighted by Gasteiger charge is -2.32. The van der Waals surface area contributed by atoms with Gasteiger partial charge in [-0.3, -0.25) is 4.79 Å². The molecule has 1 aromatic rings. The first kappa shape index (κ1) is 24.1. The molecule has 1 aliphatic heterocycles. The number of morpholine rings is 1. The molecule has 1 amide bonds. The Bertz CT molecular complexity index is 1010. The van der Waals surface area contributed by atoms with Crippen molar-refractivity contribution in [3.05, 3.63) is 29.6 Å². The van der Waals surface area contributed by atoms with Crippen LogP contribution >= 0.6 is 0 Å². The van der Waals surface area contributed by atoms with Crippen LogP contribution in [0.15, 0.2) is 23.1 Å². The summed E-state index contributed by atoms with van der Waals surface area (Å²) in [5.41, 5.74) is -1.60. The van der Waals surface area contributed by atoms with Gasteiger partial charge in [0.1, 0.15) is 11.4 Å². The van der Waals surface area contributed by atoms with Crippen molar-refractivity contribution < 1.29 is 31.9 Å². The summed E-state index contributed by atoms with van der Waals surface area (Å²) in [5, 5.41) is 12.1. The molecule has 0 unspecified atom stereocenters. The predicted molar refractivity (Wildman–Crippen MR) is 110 cm³/mol. The van der Waals surface area contributed by atoms with Crippen molar-refractivity contribution in [1.29, 1.82) is 5.26 Å². The number of esters is 1. The third-order valence-corrected chi connectivity index (χ3v) is 7.60. The highest BCUT2D eigenvalue weighted by Gasteiger charge is 2.36. The summed E-state index contributed by atoms with van der Waals surface area (Å²) in [5.74, 6) is -2.80. The normalized spacial score (nSPS) is 20.0. The molecule has 0 bridgehead atoms. The maximum atomic E-state index is 14.3. The second-order valence-corrected chi connectivity index (χ2v) is 9.89. The van der Waals surface area contributed by atoms with Crippen LogP contribution in [0.2, 0.25) is 0 Å². The SMILES string of the molecule is C[C@@H](OC(=O)c1cc(S(=O)(=O)N2CCOCC2)ccc1F)C(=O)NC1(C#N)CCCCC1. The van der Waals surface area contributed by atoms with Gasteiger partial charge in [0.2, 0.25) is 10.0 Å². The zero-order chi connectivity index (χ0) is 23.4. The number of amides is 1. The van der Waals surface area contributed by atoms with E-state index in [1.165, 1.54) is 11.2 Å². The van der Waals surface area contributed by atoms with Gasteiger partial charge in [-0.15, -0.1) is 0 Å². The Hall–Kier alpha value is -2.55. The predicted octanol–water partition coefficient (Wildman–Crippen LogP) is 1.73. The molecule has 2 aliphatic rings. The van der Waals surface area contributed by atoms with Gasteiger partial charge in [-0.05, 0) is 38.0 Å². The Morgan fingerprint density at radius 1 is 1.25 bits per heavy atom. The number of nitrogens with zero attached hydrogens (tertiary/aromatic N) is 2. The van der Waals surface area contributed by atoms with Crippen LogP contribution in [-0.2, 0) is 24.3 Å². The molecule has 32 heavy (non-hydrogen) atoms. The Labute approximate surface area is 186 Å². The third kappa shape index (κ3) is 5.26. The van der Waals surface area contributed by atoms with Crippen LogP contribution in [0.4, 0.5) is 4.39 Å². The van der Waals surface area contributed by atoms with Crippen LogP contribution in [0, 0.1) is 17.1 Å². The number of carbonyl (C=O) groups is 2. The number of hydrogen-bond donors (Lipinski definition) is 1. The van der Waals surface area contributed by atoms with E-state index in [4.69, 9.17) is 9.47 Å². The van der Waals surface area contributed by atoms with E-state index < -0.39 is 44.9 Å². The first-order chi connectivity index (χ1) is 15.2. The van der Waals surface area contributed by atoms with Crippen molar-refractivity contribution in [2.45, 2.75) is 55.6 Å². The van der Waals surface area contributed by atoms with Crippen LogP contribution in [0.3, 0.4) is 0 Å². The molecule has 1 aliphatic carbocycles. The second-order valence-electron chi connectivity index (χ2n) is 7.95. The van der Waals surface area contributed by atoms with E-state index in [1.807, 2.05) is 0 Å². The summed E-state index contributed by atoms with van der Waals surface area (Å²) in [4.78, 5) is 24.8. The van der Waals surface area contributed by atoms with Gasteiger partial charge in [0.05, 0.1) is 29.7 Å². The van der Waals surface area contributed by atoms with Crippen molar-refractivity contribution in [1.82, 2.24) is 9.62 Å². The van der Waals surface area contributed by atoms with Crippen molar-refractivity contribution in [3.63, 3.8) is 0 Å². The topological polar surface area (TPSA) is 126 Å². The van der Waals surface area contributed by atoms with Crippen molar-refractivity contribution >= 4 is 21.9 Å². The Morgan fingerprint density at radius 3 is 2.53 bits per heavy atom. The van der Waals surface area contributed by atoms with Crippen LogP contribution in [-0.4, -0.2) is 62.5 Å². The van der Waals surface area contributed by atoms with Gasteiger partial charge >= 0.3 is 5.97 Å². The van der Waals surface area contributed by atoms with Gasteiger partial charge in [0.15, 0.2) is 6.10 Å². The zero-order valence-corrected chi connectivity index (χ0v) is 18.6. The molecule has 1 saturated heterocycles. The maximum Gasteiger partial charge on any atom is 0.341 e.